The van der Waals surface area contributed by atoms with E-state index in [1.165, 1.54) is 11.7 Å². The molecule has 9 heteroatoms. The van der Waals surface area contributed by atoms with E-state index in [-0.39, 0.29) is 11.7 Å². The van der Waals surface area contributed by atoms with Crippen molar-refractivity contribution >= 4 is 11.8 Å². The van der Waals surface area contributed by atoms with Crippen LogP contribution in [0.3, 0.4) is 0 Å². The lowest BCUT2D eigenvalue weighted by molar-refractivity contribution is 0.0237. The second kappa shape index (κ2) is 9.27. The minimum absolute atomic E-state index is 0.158. The van der Waals surface area contributed by atoms with Crippen molar-refractivity contribution in [3.05, 3.63) is 61.8 Å². The van der Waals surface area contributed by atoms with Crippen molar-refractivity contribution in [2.24, 2.45) is 5.92 Å². The summed E-state index contributed by atoms with van der Waals surface area (Å²) in [6.45, 7) is 6.60. The predicted molar refractivity (Wildman–Crippen MR) is 113 cm³/mol. The topological polar surface area (TPSA) is 120 Å². The van der Waals surface area contributed by atoms with Gasteiger partial charge >= 0.3 is 11.7 Å². The standard InChI is InChI=1S/C21H28N4O5/c1-13(2)12-25-18(22)16(19(26)23-21(25)28)17(24-8-10-30-11-9-24)14-4-6-15(7-5-14)20(27)29-3/h4-7,13,17H,8-12,22H2,1-3H3,(H,23,26,28)/t17-/m1/s1. The minimum Gasteiger partial charge on any atom is -0.465 e. The maximum atomic E-state index is 12.9. The second-order valence-electron chi connectivity index (χ2n) is 7.73. The third-order valence-corrected chi connectivity index (χ3v) is 5.16. The van der Waals surface area contributed by atoms with Gasteiger partial charge in [0.1, 0.15) is 5.82 Å². The van der Waals surface area contributed by atoms with Crippen LogP contribution < -0.4 is 17.0 Å². The van der Waals surface area contributed by atoms with Gasteiger partial charge in [0.25, 0.3) is 5.56 Å². The lowest BCUT2D eigenvalue weighted by Crippen LogP contribution is -2.44. The van der Waals surface area contributed by atoms with Gasteiger partial charge in [-0.1, -0.05) is 26.0 Å². The van der Waals surface area contributed by atoms with Crippen LogP contribution in [0, 0.1) is 5.92 Å². The molecule has 9 nitrogen and oxygen atoms in total. The van der Waals surface area contributed by atoms with Gasteiger partial charge < -0.3 is 15.2 Å². The Balaban J connectivity index is 2.15. The molecule has 1 aliphatic rings. The van der Waals surface area contributed by atoms with Crippen LogP contribution >= 0.6 is 0 Å². The minimum atomic E-state index is -0.517. The maximum absolute atomic E-state index is 12.9. The van der Waals surface area contributed by atoms with Crippen LogP contribution in [0.5, 0.6) is 0 Å². The van der Waals surface area contributed by atoms with Crippen molar-refractivity contribution < 1.29 is 14.3 Å². The zero-order chi connectivity index (χ0) is 21.8. The summed E-state index contributed by atoms with van der Waals surface area (Å²) in [4.78, 5) is 41.6. The first-order valence-electron chi connectivity index (χ1n) is 9.96. The normalized spacial score (nSPS) is 15.9. The number of esters is 1. The Morgan fingerprint density at radius 1 is 1.20 bits per heavy atom. The molecule has 0 saturated carbocycles. The molecule has 0 spiro atoms. The molecule has 0 aliphatic carbocycles. The molecule has 1 aliphatic heterocycles. The van der Waals surface area contributed by atoms with Gasteiger partial charge in [0.2, 0.25) is 0 Å². The number of H-pyrrole nitrogens is 1. The summed E-state index contributed by atoms with van der Waals surface area (Å²) in [5.74, 6) is -0.108. The molecule has 1 saturated heterocycles. The highest BCUT2D eigenvalue weighted by Crippen LogP contribution is 2.30. The first kappa shape index (κ1) is 21.8. The van der Waals surface area contributed by atoms with Gasteiger partial charge in [0, 0.05) is 19.6 Å². The highest BCUT2D eigenvalue weighted by molar-refractivity contribution is 5.89. The largest absolute Gasteiger partial charge is 0.465 e. The molecule has 2 aromatic rings. The van der Waals surface area contributed by atoms with E-state index in [0.29, 0.717) is 44.0 Å². The number of hydrogen-bond donors (Lipinski definition) is 2. The third kappa shape index (κ3) is 4.47. The Bertz CT molecular complexity index is 1000. The molecule has 1 fully saturated rings. The lowest BCUT2D eigenvalue weighted by atomic mass is 9.96. The Morgan fingerprint density at radius 3 is 2.40 bits per heavy atom. The van der Waals surface area contributed by atoms with Crippen LogP contribution in [-0.2, 0) is 16.0 Å². The molecule has 3 rings (SSSR count). The number of carbonyl (C=O) groups excluding carboxylic acids is 1. The summed E-state index contributed by atoms with van der Waals surface area (Å²) in [5.41, 5.74) is 6.88. The van der Waals surface area contributed by atoms with E-state index in [4.69, 9.17) is 15.2 Å². The molecule has 162 valence electrons. The number of ether oxygens (including phenoxy) is 2. The summed E-state index contributed by atoms with van der Waals surface area (Å²) >= 11 is 0. The number of morpholine rings is 1. The van der Waals surface area contributed by atoms with Crippen LogP contribution in [0.2, 0.25) is 0 Å². The number of nitrogens with zero attached hydrogens (tertiary/aromatic N) is 2. The van der Waals surface area contributed by atoms with Crippen LogP contribution in [0.15, 0.2) is 33.9 Å². The number of nitrogens with one attached hydrogen (secondary N) is 1. The number of hydrogen-bond acceptors (Lipinski definition) is 7. The fourth-order valence-corrected chi connectivity index (χ4v) is 3.73. The van der Waals surface area contributed by atoms with Gasteiger partial charge in [-0.2, -0.15) is 0 Å². The predicted octanol–water partition coefficient (Wildman–Crippen LogP) is 0.983. The molecule has 0 bridgehead atoms. The number of nitrogen functional groups attached to an aromatic ring is 1. The van der Waals surface area contributed by atoms with E-state index in [1.54, 1.807) is 24.3 Å². The van der Waals surface area contributed by atoms with E-state index in [9.17, 15) is 14.4 Å². The van der Waals surface area contributed by atoms with Crippen LogP contribution in [0.1, 0.15) is 41.4 Å². The quantitative estimate of drug-likeness (QED) is 0.674. The number of rotatable bonds is 6. The van der Waals surface area contributed by atoms with Gasteiger partial charge in [-0.25, -0.2) is 9.59 Å². The molecule has 2 heterocycles. The van der Waals surface area contributed by atoms with E-state index in [2.05, 4.69) is 9.88 Å². The number of nitrogens with two attached hydrogens (primary N) is 1. The molecule has 1 aromatic carbocycles. The summed E-state index contributed by atoms with van der Waals surface area (Å²) in [7, 11) is 1.32. The lowest BCUT2D eigenvalue weighted by Gasteiger charge is -2.35. The molecule has 30 heavy (non-hydrogen) atoms. The zero-order valence-electron chi connectivity index (χ0n) is 17.5. The van der Waals surface area contributed by atoms with E-state index in [0.717, 1.165) is 5.56 Å². The van der Waals surface area contributed by atoms with Crippen LogP contribution in [-0.4, -0.2) is 53.8 Å². The molecular formula is C21H28N4O5. The molecule has 1 atom stereocenters. The zero-order valence-corrected chi connectivity index (χ0v) is 17.5. The average molecular weight is 416 g/mol. The fraction of sp³-hybridized carbons (Fsp3) is 0.476. The highest BCUT2D eigenvalue weighted by Gasteiger charge is 2.30. The third-order valence-electron chi connectivity index (χ3n) is 5.16. The van der Waals surface area contributed by atoms with E-state index >= 15 is 0 Å². The van der Waals surface area contributed by atoms with E-state index < -0.39 is 23.3 Å². The maximum Gasteiger partial charge on any atom is 0.337 e. The Morgan fingerprint density at radius 2 is 1.83 bits per heavy atom. The van der Waals surface area contributed by atoms with Crippen molar-refractivity contribution in [3.8, 4) is 0 Å². The van der Waals surface area contributed by atoms with E-state index in [1.807, 2.05) is 13.8 Å². The van der Waals surface area contributed by atoms with Crippen molar-refractivity contribution in [2.45, 2.75) is 26.4 Å². The van der Waals surface area contributed by atoms with Gasteiger partial charge in [-0.15, -0.1) is 0 Å². The van der Waals surface area contributed by atoms with Crippen molar-refractivity contribution in [1.29, 1.82) is 0 Å². The smallest absolute Gasteiger partial charge is 0.337 e. The monoisotopic (exact) mass is 416 g/mol. The molecule has 0 unspecified atom stereocenters. The Hall–Kier alpha value is -2.91. The number of carbonyl (C=O) groups is 1. The van der Waals surface area contributed by atoms with Gasteiger partial charge in [0.05, 0.1) is 37.5 Å². The SMILES string of the molecule is COC(=O)c1ccc([C@H](c2c(N)n(CC(C)C)c(=O)[nH]c2=O)N2CCOCC2)cc1. The van der Waals surface area contributed by atoms with Gasteiger partial charge in [0.15, 0.2) is 0 Å². The summed E-state index contributed by atoms with van der Waals surface area (Å²) < 4.78 is 11.6. The number of aromatic nitrogens is 2. The number of methoxy groups -OCH3 is 1. The molecule has 0 amide bonds. The van der Waals surface area contributed by atoms with Crippen molar-refractivity contribution in [1.82, 2.24) is 14.5 Å². The number of benzene rings is 1. The Kier molecular flexibility index (Phi) is 6.73. The molecule has 1 aromatic heterocycles. The fourth-order valence-electron chi connectivity index (χ4n) is 3.73. The molecule has 3 N–H and O–H groups in total. The number of aromatic amines is 1. The van der Waals surface area contributed by atoms with Crippen molar-refractivity contribution in [2.75, 3.05) is 39.1 Å². The highest BCUT2D eigenvalue weighted by atomic mass is 16.5. The van der Waals surface area contributed by atoms with Crippen molar-refractivity contribution in [3.63, 3.8) is 0 Å². The van der Waals surface area contributed by atoms with Crippen LogP contribution in [0.4, 0.5) is 5.82 Å². The Labute approximate surface area is 174 Å². The van der Waals surface area contributed by atoms with Gasteiger partial charge in [-0.05, 0) is 23.6 Å². The molecule has 0 radical (unpaired) electrons. The average Bonchev–Trinajstić information content (AvgIpc) is 2.74. The van der Waals surface area contributed by atoms with Gasteiger partial charge in [-0.3, -0.25) is 19.2 Å². The van der Waals surface area contributed by atoms with Crippen LogP contribution in [0.25, 0.3) is 0 Å². The second-order valence-corrected chi connectivity index (χ2v) is 7.73. The number of anilines is 1. The summed E-state index contributed by atoms with van der Waals surface area (Å²) in [6.07, 6.45) is 0. The summed E-state index contributed by atoms with van der Waals surface area (Å²) in [6, 6.07) is 6.39. The molecular weight excluding hydrogens is 388 g/mol. The first-order chi connectivity index (χ1) is 14.3. The summed E-state index contributed by atoms with van der Waals surface area (Å²) in [5, 5.41) is 0. The first-order valence-corrected chi connectivity index (χ1v) is 9.96.